The van der Waals surface area contributed by atoms with Gasteiger partial charge in [0.15, 0.2) is 5.11 Å². The van der Waals surface area contributed by atoms with Gasteiger partial charge in [-0.05, 0) is 86.3 Å². The molecule has 1 N–H and O–H groups in total. The normalized spacial score (nSPS) is 21.3. The van der Waals surface area contributed by atoms with Crippen LogP contribution in [0.2, 0.25) is 0 Å². The summed E-state index contributed by atoms with van der Waals surface area (Å²) in [4.78, 5) is 29.3. The van der Waals surface area contributed by atoms with Crippen molar-refractivity contribution in [3.63, 3.8) is 0 Å². The number of fused-ring (bicyclic) bond motifs is 1. The van der Waals surface area contributed by atoms with Gasteiger partial charge in [-0.15, -0.1) is 0 Å². The number of thiocarbonyl (C=S) groups is 1. The molecule has 4 rings (SSSR count). The Kier molecular flexibility index (Phi) is 5.86. The number of aryl methyl sites for hydroxylation is 1. The Balaban J connectivity index is 1.75. The van der Waals surface area contributed by atoms with Gasteiger partial charge in [0, 0.05) is 23.8 Å². The SMILES string of the molecule is CCc1ccc(N2C(=O)/C(=C\c3cc4c(cc3F)N(C)C(C)(C)CC4C)C(=O)NC2=S)cc1. The molecule has 0 aliphatic carbocycles. The van der Waals surface area contributed by atoms with Crippen LogP contribution in [-0.2, 0) is 16.0 Å². The van der Waals surface area contributed by atoms with Crippen molar-refractivity contribution >= 4 is 46.6 Å². The molecule has 1 fully saturated rings. The zero-order valence-electron chi connectivity index (χ0n) is 19.5. The highest BCUT2D eigenvalue weighted by atomic mass is 32.1. The van der Waals surface area contributed by atoms with Crippen LogP contribution in [0.4, 0.5) is 15.8 Å². The van der Waals surface area contributed by atoms with E-state index in [0.29, 0.717) is 5.69 Å². The second kappa shape index (κ2) is 8.37. The molecule has 2 aliphatic rings. The predicted molar refractivity (Wildman–Crippen MR) is 134 cm³/mol. The van der Waals surface area contributed by atoms with Gasteiger partial charge in [-0.1, -0.05) is 26.0 Å². The smallest absolute Gasteiger partial charge is 0.270 e. The summed E-state index contributed by atoms with van der Waals surface area (Å²) < 4.78 is 15.2. The average molecular weight is 466 g/mol. The molecule has 2 aromatic carbocycles. The Morgan fingerprint density at radius 1 is 1.21 bits per heavy atom. The summed E-state index contributed by atoms with van der Waals surface area (Å²) in [7, 11) is 1.96. The van der Waals surface area contributed by atoms with Gasteiger partial charge in [-0.3, -0.25) is 19.8 Å². The van der Waals surface area contributed by atoms with Crippen LogP contribution in [0.3, 0.4) is 0 Å². The van der Waals surface area contributed by atoms with Gasteiger partial charge in [0.05, 0.1) is 5.69 Å². The van der Waals surface area contributed by atoms with Crippen LogP contribution in [0.25, 0.3) is 6.08 Å². The standard InChI is InChI=1S/C26H28FN3O2S/c1-6-16-7-9-18(10-8-16)30-24(32)20(23(31)28-25(30)33)12-17-11-19-15(2)14-26(3,4)29(5)22(19)13-21(17)27/h7-13,15H,6,14H2,1-5H3,(H,28,31,33)/b20-12-. The van der Waals surface area contributed by atoms with Crippen molar-refractivity contribution in [2.24, 2.45) is 0 Å². The molecule has 0 aromatic heterocycles. The lowest BCUT2D eigenvalue weighted by molar-refractivity contribution is -0.122. The lowest BCUT2D eigenvalue weighted by Gasteiger charge is -2.45. The molecule has 33 heavy (non-hydrogen) atoms. The minimum absolute atomic E-state index is 0.00906. The summed E-state index contributed by atoms with van der Waals surface area (Å²) in [5.74, 6) is -1.47. The van der Waals surface area contributed by atoms with Crippen molar-refractivity contribution in [1.82, 2.24) is 5.32 Å². The summed E-state index contributed by atoms with van der Waals surface area (Å²) in [6.07, 6.45) is 3.10. The summed E-state index contributed by atoms with van der Waals surface area (Å²) in [5, 5.41) is 2.57. The molecule has 172 valence electrons. The molecule has 0 bridgehead atoms. The van der Waals surface area contributed by atoms with E-state index in [1.54, 1.807) is 18.2 Å². The number of hydrogen-bond acceptors (Lipinski definition) is 4. The minimum atomic E-state index is -0.630. The minimum Gasteiger partial charge on any atom is -0.369 e. The average Bonchev–Trinajstić information content (AvgIpc) is 2.75. The lowest BCUT2D eigenvalue weighted by Crippen LogP contribution is -2.54. The number of nitrogens with zero attached hydrogens (tertiary/aromatic N) is 2. The van der Waals surface area contributed by atoms with Crippen molar-refractivity contribution in [2.45, 2.75) is 52.0 Å². The first kappa shape index (κ1) is 23.1. The van der Waals surface area contributed by atoms with Crippen LogP contribution in [0.15, 0.2) is 42.0 Å². The molecule has 0 saturated carbocycles. The molecule has 2 heterocycles. The summed E-state index contributed by atoms with van der Waals surface area (Å²) >= 11 is 5.26. The molecule has 2 aliphatic heterocycles. The summed E-state index contributed by atoms with van der Waals surface area (Å²) in [6, 6.07) is 10.6. The number of nitrogens with one attached hydrogen (secondary N) is 1. The number of halogens is 1. The molecule has 7 heteroatoms. The first-order valence-electron chi connectivity index (χ1n) is 11.1. The molecule has 2 amide bonds. The van der Waals surface area contributed by atoms with Crippen molar-refractivity contribution in [3.05, 3.63) is 64.5 Å². The zero-order chi connectivity index (χ0) is 24.1. The van der Waals surface area contributed by atoms with Crippen LogP contribution in [-0.4, -0.2) is 29.5 Å². The van der Waals surface area contributed by atoms with Crippen LogP contribution in [0.1, 0.15) is 56.7 Å². The summed E-state index contributed by atoms with van der Waals surface area (Å²) in [5.41, 5.74) is 3.46. The fraction of sp³-hybridized carbons (Fsp3) is 0.346. The van der Waals surface area contributed by atoms with Crippen LogP contribution < -0.4 is 15.1 Å². The lowest BCUT2D eigenvalue weighted by atomic mass is 9.80. The quantitative estimate of drug-likeness (QED) is 0.396. The number of carbonyl (C=O) groups is 2. The molecule has 2 aromatic rings. The second-order valence-electron chi connectivity index (χ2n) is 9.39. The van der Waals surface area contributed by atoms with E-state index in [4.69, 9.17) is 12.2 Å². The van der Waals surface area contributed by atoms with Crippen molar-refractivity contribution in [1.29, 1.82) is 0 Å². The molecule has 1 unspecified atom stereocenters. The first-order valence-corrected chi connectivity index (χ1v) is 11.5. The fourth-order valence-corrected chi connectivity index (χ4v) is 4.92. The van der Waals surface area contributed by atoms with Gasteiger partial charge >= 0.3 is 0 Å². The highest BCUT2D eigenvalue weighted by Gasteiger charge is 2.37. The highest BCUT2D eigenvalue weighted by molar-refractivity contribution is 7.80. The Morgan fingerprint density at radius 3 is 2.52 bits per heavy atom. The van der Waals surface area contributed by atoms with Gasteiger partial charge in [0.2, 0.25) is 0 Å². The molecule has 1 saturated heterocycles. The van der Waals surface area contributed by atoms with E-state index in [-0.39, 0.29) is 27.7 Å². The third-order valence-corrected chi connectivity index (χ3v) is 7.04. The van der Waals surface area contributed by atoms with Gasteiger partial charge in [0.25, 0.3) is 11.8 Å². The Morgan fingerprint density at radius 2 is 1.88 bits per heavy atom. The second-order valence-corrected chi connectivity index (χ2v) is 9.77. The zero-order valence-corrected chi connectivity index (χ0v) is 20.3. The maximum Gasteiger partial charge on any atom is 0.270 e. The molecule has 1 atom stereocenters. The van der Waals surface area contributed by atoms with E-state index in [1.807, 2.05) is 26.1 Å². The molecular formula is C26H28FN3O2S. The van der Waals surface area contributed by atoms with Gasteiger partial charge in [-0.25, -0.2) is 4.39 Å². The number of anilines is 2. The number of carbonyl (C=O) groups excluding carboxylic acids is 2. The number of hydrogen-bond donors (Lipinski definition) is 1. The maximum atomic E-state index is 15.2. The molecule has 0 spiro atoms. The van der Waals surface area contributed by atoms with E-state index >= 15 is 4.39 Å². The van der Waals surface area contributed by atoms with Crippen LogP contribution in [0.5, 0.6) is 0 Å². The van der Waals surface area contributed by atoms with Crippen LogP contribution >= 0.6 is 12.2 Å². The van der Waals surface area contributed by atoms with E-state index in [1.165, 1.54) is 17.0 Å². The Hall–Kier alpha value is -3.06. The summed E-state index contributed by atoms with van der Waals surface area (Å²) in [6.45, 7) is 8.42. The molecule has 5 nitrogen and oxygen atoms in total. The third kappa shape index (κ3) is 4.06. The Bertz CT molecular complexity index is 1190. The van der Waals surface area contributed by atoms with Gasteiger partial charge < -0.3 is 4.90 Å². The topological polar surface area (TPSA) is 52.7 Å². The number of amides is 2. The largest absolute Gasteiger partial charge is 0.369 e. The highest BCUT2D eigenvalue weighted by Crippen LogP contribution is 2.43. The number of rotatable bonds is 3. The number of benzene rings is 2. The van der Waals surface area contributed by atoms with E-state index in [0.717, 1.165) is 29.7 Å². The van der Waals surface area contributed by atoms with E-state index in [2.05, 4.69) is 31.0 Å². The predicted octanol–water partition coefficient (Wildman–Crippen LogP) is 4.94. The molecule has 0 radical (unpaired) electrons. The van der Waals surface area contributed by atoms with E-state index < -0.39 is 17.6 Å². The van der Waals surface area contributed by atoms with Crippen molar-refractivity contribution in [3.8, 4) is 0 Å². The third-order valence-electron chi connectivity index (χ3n) is 6.76. The first-order chi connectivity index (χ1) is 15.5. The Labute approximate surface area is 199 Å². The maximum absolute atomic E-state index is 15.2. The monoisotopic (exact) mass is 465 g/mol. The van der Waals surface area contributed by atoms with Crippen LogP contribution in [0, 0.1) is 5.82 Å². The van der Waals surface area contributed by atoms with Gasteiger partial charge in [0.1, 0.15) is 11.4 Å². The molecular weight excluding hydrogens is 437 g/mol. The van der Waals surface area contributed by atoms with Crippen molar-refractivity contribution < 1.29 is 14.0 Å². The fourth-order valence-electron chi connectivity index (χ4n) is 4.64. The van der Waals surface area contributed by atoms with E-state index in [9.17, 15) is 9.59 Å². The van der Waals surface area contributed by atoms with Crippen molar-refractivity contribution in [2.75, 3.05) is 16.8 Å². The van der Waals surface area contributed by atoms with Gasteiger partial charge in [-0.2, -0.15) is 0 Å².